The zero-order valence-electron chi connectivity index (χ0n) is 12.6. The van der Waals surface area contributed by atoms with Gasteiger partial charge in [0.15, 0.2) is 5.52 Å². The van der Waals surface area contributed by atoms with Gasteiger partial charge in [-0.05, 0) is 31.2 Å². The number of amides is 1. The van der Waals surface area contributed by atoms with Crippen molar-refractivity contribution in [2.75, 3.05) is 5.32 Å². The average molecular weight is 332 g/mol. The normalized spacial score (nSPS) is 10.9. The number of fused-ring (bicyclic) bond motifs is 1. The molecule has 0 aliphatic carbocycles. The Morgan fingerprint density at radius 2 is 1.96 bits per heavy atom. The van der Waals surface area contributed by atoms with E-state index >= 15 is 0 Å². The smallest absolute Gasteiger partial charge is 0.282 e. The maximum atomic E-state index is 12.4. The maximum absolute atomic E-state index is 12.4. The molecule has 0 aliphatic heterocycles. The molecule has 1 aromatic carbocycles. The monoisotopic (exact) mass is 331 g/mol. The third kappa shape index (κ3) is 2.95. The van der Waals surface area contributed by atoms with E-state index < -0.39 is 0 Å². The zero-order valence-corrected chi connectivity index (χ0v) is 13.3. The number of halogens is 1. The van der Waals surface area contributed by atoms with E-state index in [1.807, 2.05) is 6.92 Å². The van der Waals surface area contributed by atoms with Crippen molar-refractivity contribution in [3.63, 3.8) is 0 Å². The van der Waals surface area contributed by atoms with Crippen LogP contribution < -0.4 is 10.9 Å². The van der Waals surface area contributed by atoms with Crippen LogP contribution in [0.4, 0.5) is 5.69 Å². The Kier molecular flexibility index (Phi) is 3.87. The molecule has 0 aliphatic rings. The summed E-state index contributed by atoms with van der Waals surface area (Å²) in [5.74, 6) is -0.330. The Labute approximate surface area is 136 Å². The number of benzene rings is 1. The standard InChI is InChI=1S/C15H14ClN5O2/c1-9-13-14(19-20(9)2)15(23)21(8-17-13)7-12(22)18-11-5-3-10(16)4-6-11/h3-6,8H,7H2,1-2H3,(H,18,22). The number of nitrogens with one attached hydrogen (secondary N) is 1. The van der Waals surface area contributed by atoms with Crippen LogP contribution in [0.1, 0.15) is 5.69 Å². The van der Waals surface area contributed by atoms with Gasteiger partial charge in [-0.3, -0.25) is 18.8 Å². The first kappa shape index (κ1) is 15.2. The lowest BCUT2D eigenvalue weighted by Gasteiger charge is -2.07. The van der Waals surface area contributed by atoms with Crippen LogP contribution in [0.25, 0.3) is 11.0 Å². The van der Waals surface area contributed by atoms with E-state index in [9.17, 15) is 9.59 Å². The summed E-state index contributed by atoms with van der Waals surface area (Å²) in [6, 6.07) is 6.72. The molecule has 0 spiro atoms. The van der Waals surface area contributed by atoms with Crippen molar-refractivity contribution in [3.05, 3.63) is 51.7 Å². The van der Waals surface area contributed by atoms with Gasteiger partial charge in [0, 0.05) is 17.8 Å². The summed E-state index contributed by atoms with van der Waals surface area (Å²) in [6.07, 6.45) is 1.36. The molecule has 2 heterocycles. The minimum Gasteiger partial charge on any atom is -0.325 e. The average Bonchev–Trinajstić information content (AvgIpc) is 2.81. The van der Waals surface area contributed by atoms with Crippen LogP contribution in [0.3, 0.4) is 0 Å². The van der Waals surface area contributed by atoms with Crippen LogP contribution in [-0.4, -0.2) is 25.2 Å². The summed E-state index contributed by atoms with van der Waals surface area (Å²) < 4.78 is 2.83. The predicted molar refractivity (Wildman–Crippen MR) is 87.6 cm³/mol. The molecule has 1 N–H and O–H groups in total. The Morgan fingerprint density at radius 3 is 2.65 bits per heavy atom. The zero-order chi connectivity index (χ0) is 16.6. The SMILES string of the molecule is Cc1c2ncn(CC(=O)Nc3ccc(Cl)cc3)c(=O)c2nn1C. The fourth-order valence-electron chi connectivity index (χ4n) is 2.21. The fraction of sp³-hybridized carbons (Fsp3) is 0.200. The van der Waals surface area contributed by atoms with E-state index in [1.54, 1.807) is 36.0 Å². The van der Waals surface area contributed by atoms with Gasteiger partial charge < -0.3 is 5.32 Å². The molecule has 0 bridgehead atoms. The molecule has 1 amide bonds. The molecule has 118 valence electrons. The van der Waals surface area contributed by atoms with Crippen LogP contribution in [0.15, 0.2) is 35.4 Å². The van der Waals surface area contributed by atoms with Crippen molar-refractivity contribution < 1.29 is 4.79 Å². The molecule has 0 unspecified atom stereocenters. The minimum absolute atomic E-state index is 0.139. The molecule has 3 rings (SSSR count). The van der Waals surface area contributed by atoms with Crippen molar-refractivity contribution in [1.29, 1.82) is 0 Å². The molecule has 0 saturated heterocycles. The Hall–Kier alpha value is -2.67. The number of nitrogens with zero attached hydrogens (tertiary/aromatic N) is 4. The molecule has 8 heteroatoms. The lowest BCUT2D eigenvalue weighted by Crippen LogP contribution is -2.28. The highest BCUT2D eigenvalue weighted by molar-refractivity contribution is 6.30. The predicted octanol–water partition coefficient (Wildman–Crippen LogP) is 1.73. The van der Waals surface area contributed by atoms with Gasteiger partial charge in [0.25, 0.3) is 5.56 Å². The van der Waals surface area contributed by atoms with Crippen LogP contribution in [0, 0.1) is 6.92 Å². The lowest BCUT2D eigenvalue weighted by atomic mass is 10.3. The van der Waals surface area contributed by atoms with E-state index in [1.165, 1.54) is 10.9 Å². The highest BCUT2D eigenvalue weighted by Gasteiger charge is 2.13. The van der Waals surface area contributed by atoms with Crippen molar-refractivity contribution in [1.82, 2.24) is 19.3 Å². The van der Waals surface area contributed by atoms with E-state index in [4.69, 9.17) is 11.6 Å². The number of rotatable bonds is 3. The molecule has 3 aromatic rings. The van der Waals surface area contributed by atoms with E-state index in [2.05, 4.69) is 15.4 Å². The first-order valence-electron chi connectivity index (χ1n) is 6.90. The largest absolute Gasteiger partial charge is 0.325 e. The summed E-state index contributed by atoms with van der Waals surface area (Å²) >= 11 is 5.79. The van der Waals surface area contributed by atoms with Crippen LogP contribution >= 0.6 is 11.6 Å². The number of hydrogen-bond acceptors (Lipinski definition) is 4. The van der Waals surface area contributed by atoms with Gasteiger partial charge in [-0.15, -0.1) is 0 Å². The quantitative estimate of drug-likeness (QED) is 0.792. The van der Waals surface area contributed by atoms with Crippen LogP contribution in [0.2, 0.25) is 5.02 Å². The molecular weight excluding hydrogens is 318 g/mol. The lowest BCUT2D eigenvalue weighted by molar-refractivity contribution is -0.116. The van der Waals surface area contributed by atoms with Crippen LogP contribution in [0.5, 0.6) is 0 Å². The number of aryl methyl sites for hydroxylation is 2. The van der Waals surface area contributed by atoms with Gasteiger partial charge in [-0.2, -0.15) is 5.10 Å². The summed E-state index contributed by atoms with van der Waals surface area (Å²) in [5, 5.41) is 7.43. The molecule has 2 aromatic heterocycles. The number of anilines is 1. The van der Waals surface area contributed by atoms with Crippen molar-refractivity contribution >= 4 is 34.2 Å². The van der Waals surface area contributed by atoms with Gasteiger partial charge in [0.05, 0.1) is 12.0 Å². The Balaban J connectivity index is 1.83. The molecule has 0 atom stereocenters. The molecule has 0 radical (unpaired) electrons. The number of aromatic nitrogens is 4. The van der Waals surface area contributed by atoms with E-state index in [0.717, 1.165) is 5.69 Å². The molecular formula is C15H14ClN5O2. The second-order valence-electron chi connectivity index (χ2n) is 5.14. The second kappa shape index (κ2) is 5.85. The molecule has 0 saturated carbocycles. The maximum Gasteiger partial charge on any atom is 0.282 e. The number of hydrogen-bond donors (Lipinski definition) is 1. The highest BCUT2D eigenvalue weighted by atomic mass is 35.5. The van der Waals surface area contributed by atoms with Crippen molar-refractivity contribution in [2.45, 2.75) is 13.5 Å². The van der Waals surface area contributed by atoms with Gasteiger partial charge in [0.1, 0.15) is 12.1 Å². The Morgan fingerprint density at radius 1 is 1.26 bits per heavy atom. The molecule has 0 fully saturated rings. The minimum atomic E-state index is -0.343. The summed E-state index contributed by atoms with van der Waals surface area (Å²) in [5.41, 5.74) is 1.87. The number of carbonyl (C=O) groups is 1. The first-order chi connectivity index (χ1) is 11.0. The fourth-order valence-corrected chi connectivity index (χ4v) is 2.34. The third-order valence-electron chi connectivity index (χ3n) is 3.53. The van der Waals surface area contributed by atoms with Gasteiger partial charge in [0.2, 0.25) is 5.91 Å². The van der Waals surface area contributed by atoms with E-state index in [0.29, 0.717) is 16.2 Å². The van der Waals surface area contributed by atoms with Gasteiger partial charge in [-0.25, -0.2) is 4.98 Å². The number of carbonyl (C=O) groups excluding carboxylic acids is 1. The van der Waals surface area contributed by atoms with Crippen molar-refractivity contribution in [2.24, 2.45) is 7.05 Å². The Bertz CT molecular complexity index is 943. The first-order valence-corrected chi connectivity index (χ1v) is 7.27. The second-order valence-corrected chi connectivity index (χ2v) is 5.58. The highest BCUT2D eigenvalue weighted by Crippen LogP contribution is 2.13. The topological polar surface area (TPSA) is 81.8 Å². The van der Waals surface area contributed by atoms with Crippen molar-refractivity contribution in [3.8, 4) is 0 Å². The summed E-state index contributed by atoms with van der Waals surface area (Å²) in [7, 11) is 1.74. The van der Waals surface area contributed by atoms with Gasteiger partial charge >= 0.3 is 0 Å². The van der Waals surface area contributed by atoms with Gasteiger partial charge in [-0.1, -0.05) is 11.6 Å². The van der Waals surface area contributed by atoms with Crippen LogP contribution in [-0.2, 0) is 18.4 Å². The molecule has 7 nitrogen and oxygen atoms in total. The summed E-state index contributed by atoms with van der Waals surface area (Å²) in [4.78, 5) is 28.7. The summed E-state index contributed by atoms with van der Waals surface area (Å²) in [6.45, 7) is 1.69. The molecule has 23 heavy (non-hydrogen) atoms. The third-order valence-corrected chi connectivity index (χ3v) is 3.79. The van der Waals surface area contributed by atoms with E-state index in [-0.39, 0.29) is 23.5 Å².